The first-order valence-corrected chi connectivity index (χ1v) is 9.43. The summed E-state index contributed by atoms with van der Waals surface area (Å²) in [5.41, 5.74) is 3.46. The number of aryl methyl sites for hydroxylation is 2. The van der Waals surface area contributed by atoms with Crippen molar-refractivity contribution in [2.75, 3.05) is 16.4 Å². The average Bonchev–Trinajstić information content (AvgIpc) is 2.62. The summed E-state index contributed by atoms with van der Waals surface area (Å²) in [5, 5.41) is 14.2. The van der Waals surface area contributed by atoms with Crippen molar-refractivity contribution >= 4 is 40.9 Å². The summed E-state index contributed by atoms with van der Waals surface area (Å²) in [4.78, 5) is 35.3. The molecule has 0 saturated heterocycles. The van der Waals surface area contributed by atoms with Gasteiger partial charge in [-0.2, -0.15) is 0 Å². The Labute approximate surface area is 162 Å². The minimum absolute atomic E-state index is 0.0784. The number of hydrogen-bond acceptors (Lipinski definition) is 4. The van der Waals surface area contributed by atoms with Gasteiger partial charge in [-0.15, -0.1) is 11.8 Å². The second kappa shape index (κ2) is 9.78. The number of aliphatic carboxylic acids is 1. The molecule has 7 heteroatoms. The van der Waals surface area contributed by atoms with Gasteiger partial charge < -0.3 is 15.7 Å². The van der Waals surface area contributed by atoms with Crippen LogP contribution in [0.2, 0.25) is 0 Å². The van der Waals surface area contributed by atoms with Crippen molar-refractivity contribution < 1.29 is 19.5 Å². The van der Waals surface area contributed by atoms with E-state index in [2.05, 4.69) is 10.6 Å². The Morgan fingerprint density at radius 2 is 1.74 bits per heavy atom. The number of rotatable bonds is 8. The van der Waals surface area contributed by atoms with E-state index in [-0.39, 0.29) is 30.4 Å². The predicted molar refractivity (Wildman–Crippen MR) is 107 cm³/mol. The fourth-order valence-corrected chi connectivity index (χ4v) is 3.07. The number of nitrogens with one attached hydrogen (secondary N) is 2. The summed E-state index contributed by atoms with van der Waals surface area (Å²) >= 11 is 1.36. The van der Waals surface area contributed by atoms with Crippen molar-refractivity contribution in [2.45, 2.75) is 31.6 Å². The van der Waals surface area contributed by atoms with Gasteiger partial charge in [0, 0.05) is 22.7 Å². The molecule has 3 N–H and O–H groups in total. The van der Waals surface area contributed by atoms with E-state index in [1.165, 1.54) is 11.8 Å². The van der Waals surface area contributed by atoms with Crippen molar-refractivity contribution in [2.24, 2.45) is 0 Å². The quantitative estimate of drug-likeness (QED) is 0.599. The lowest BCUT2D eigenvalue weighted by atomic mass is 10.1. The fraction of sp³-hybridized carbons (Fsp3) is 0.250. The maximum Gasteiger partial charge on any atom is 0.303 e. The third kappa shape index (κ3) is 7.15. The van der Waals surface area contributed by atoms with Crippen molar-refractivity contribution in [1.82, 2.24) is 0 Å². The molecule has 0 fully saturated rings. The van der Waals surface area contributed by atoms with Crippen molar-refractivity contribution in [3.8, 4) is 0 Å². The van der Waals surface area contributed by atoms with Crippen LogP contribution in [0.3, 0.4) is 0 Å². The molecule has 0 unspecified atom stereocenters. The van der Waals surface area contributed by atoms with Crippen LogP contribution in [0.5, 0.6) is 0 Å². The summed E-state index contributed by atoms with van der Waals surface area (Å²) in [6, 6.07) is 13.0. The first-order chi connectivity index (χ1) is 12.8. The van der Waals surface area contributed by atoms with E-state index in [1.54, 1.807) is 18.2 Å². The second-order valence-corrected chi connectivity index (χ2v) is 7.17. The number of hydrogen-bond donors (Lipinski definition) is 3. The molecule has 0 aliphatic heterocycles. The number of carbonyl (C=O) groups excluding carboxylic acids is 2. The van der Waals surface area contributed by atoms with Crippen LogP contribution in [0.1, 0.15) is 24.0 Å². The molecule has 0 radical (unpaired) electrons. The normalized spacial score (nSPS) is 10.3. The third-order valence-electron chi connectivity index (χ3n) is 3.72. The predicted octanol–water partition coefficient (Wildman–Crippen LogP) is 3.84. The zero-order valence-corrected chi connectivity index (χ0v) is 16.1. The van der Waals surface area contributed by atoms with Crippen LogP contribution in [0.25, 0.3) is 0 Å². The first-order valence-electron chi connectivity index (χ1n) is 8.45. The molecule has 0 aliphatic rings. The molecule has 0 spiro atoms. The summed E-state index contributed by atoms with van der Waals surface area (Å²) < 4.78 is 0. The van der Waals surface area contributed by atoms with Crippen LogP contribution in [0, 0.1) is 13.8 Å². The van der Waals surface area contributed by atoms with Gasteiger partial charge in [0.25, 0.3) is 0 Å². The summed E-state index contributed by atoms with van der Waals surface area (Å²) in [7, 11) is 0. The second-order valence-electron chi connectivity index (χ2n) is 6.12. The van der Waals surface area contributed by atoms with Crippen molar-refractivity contribution in [3.63, 3.8) is 0 Å². The monoisotopic (exact) mass is 386 g/mol. The van der Waals surface area contributed by atoms with Crippen LogP contribution in [-0.2, 0) is 14.4 Å². The van der Waals surface area contributed by atoms with E-state index >= 15 is 0 Å². The Balaban J connectivity index is 1.88. The number of benzene rings is 2. The van der Waals surface area contributed by atoms with E-state index in [0.29, 0.717) is 5.69 Å². The largest absolute Gasteiger partial charge is 0.481 e. The minimum Gasteiger partial charge on any atom is -0.481 e. The third-order valence-corrected chi connectivity index (χ3v) is 4.71. The lowest BCUT2D eigenvalue weighted by Gasteiger charge is -2.10. The van der Waals surface area contributed by atoms with Crippen LogP contribution < -0.4 is 10.6 Å². The molecule has 0 atom stereocenters. The number of carboxylic acid groups (broad SMARTS) is 1. The van der Waals surface area contributed by atoms with Crippen LogP contribution in [0.4, 0.5) is 11.4 Å². The Hall–Kier alpha value is -2.80. The van der Waals surface area contributed by atoms with E-state index in [1.807, 2.05) is 38.1 Å². The molecule has 0 saturated carbocycles. The molecular weight excluding hydrogens is 364 g/mol. The van der Waals surface area contributed by atoms with Crippen molar-refractivity contribution in [1.29, 1.82) is 0 Å². The molecule has 0 aromatic heterocycles. The molecule has 27 heavy (non-hydrogen) atoms. The Morgan fingerprint density at radius 3 is 2.48 bits per heavy atom. The molecule has 2 amide bonds. The first kappa shape index (κ1) is 20.5. The van der Waals surface area contributed by atoms with Gasteiger partial charge in [-0.25, -0.2) is 0 Å². The fourth-order valence-electron chi connectivity index (χ4n) is 2.31. The summed E-state index contributed by atoms with van der Waals surface area (Å²) in [5.74, 6) is -1.23. The molecule has 0 aliphatic carbocycles. The smallest absolute Gasteiger partial charge is 0.303 e. The Morgan fingerprint density at radius 1 is 0.963 bits per heavy atom. The number of carbonyl (C=O) groups is 3. The lowest BCUT2D eigenvalue weighted by molar-refractivity contribution is -0.138. The van der Waals surface area contributed by atoms with Gasteiger partial charge in [0.2, 0.25) is 11.8 Å². The molecule has 0 bridgehead atoms. The lowest BCUT2D eigenvalue weighted by Crippen LogP contribution is -2.15. The van der Waals surface area contributed by atoms with Gasteiger partial charge in [0.1, 0.15) is 0 Å². The number of amides is 2. The highest BCUT2D eigenvalue weighted by atomic mass is 32.2. The zero-order valence-electron chi connectivity index (χ0n) is 15.2. The Kier molecular flexibility index (Phi) is 7.43. The van der Waals surface area contributed by atoms with Crippen LogP contribution in [0.15, 0.2) is 47.4 Å². The molecular formula is C20H22N2O4S. The molecule has 2 aromatic carbocycles. The minimum atomic E-state index is -1.01. The SMILES string of the molecule is Cc1ccc(C)c(NC(=O)CSc2cccc(NC(=O)CCC(=O)O)c2)c1. The molecule has 2 rings (SSSR count). The van der Waals surface area contributed by atoms with E-state index in [9.17, 15) is 14.4 Å². The maximum absolute atomic E-state index is 12.2. The molecule has 6 nitrogen and oxygen atoms in total. The topological polar surface area (TPSA) is 95.5 Å². The molecule has 2 aromatic rings. The summed E-state index contributed by atoms with van der Waals surface area (Å²) in [6.45, 7) is 3.92. The highest BCUT2D eigenvalue weighted by Gasteiger charge is 2.08. The average molecular weight is 386 g/mol. The van der Waals surface area contributed by atoms with Gasteiger partial charge in [0.15, 0.2) is 0 Å². The highest BCUT2D eigenvalue weighted by molar-refractivity contribution is 8.00. The Bertz CT molecular complexity index is 852. The number of thioether (sulfide) groups is 1. The van der Waals surface area contributed by atoms with Crippen LogP contribution >= 0.6 is 11.8 Å². The molecule has 0 heterocycles. The van der Waals surface area contributed by atoms with Crippen LogP contribution in [-0.4, -0.2) is 28.6 Å². The summed E-state index contributed by atoms with van der Waals surface area (Å²) in [6.07, 6.45) is -0.288. The highest BCUT2D eigenvalue weighted by Crippen LogP contribution is 2.23. The van der Waals surface area contributed by atoms with Gasteiger partial charge in [-0.3, -0.25) is 14.4 Å². The van der Waals surface area contributed by atoms with Gasteiger partial charge in [-0.05, 0) is 49.2 Å². The van der Waals surface area contributed by atoms with Gasteiger partial charge >= 0.3 is 5.97 Å². The number of anilines is 2. The van der Waals surface area contributed by atoms with E-state index < -0.39 is 5.97 Å². The van der Waals surface area contributed by atoms with Crippen molar-refractivity contribution in [3.05, 3.63) is 53.6 Å². The zero-order chi connectivity index (χ0) is 19.8. The standard InChI is InChI=1S/C20H22N2O4S/c1-13-6-7-14(2)17(10-13)22-19(24)12-27-16-5-3-4-15(11-16)21-18(23)8-9-20(25)26/h3-7,10-11H,8-9,12H2,1-2H3,(H,21,23)(H,22,24)(H,25,26). The van der Waals surface area contributed by atoms with E-state index in [0.717, 1.165) is 21.7 Å². The van der Waals surface area contributed by atoms with Gasteiger partial charge in [0.05, 0.1) is 12.2 Å². The van der Waals surface area contributed by atoms with E-state index in [4.69, 9.17) is 5.11 Å². The maximum atomic E-state index is 12.2. The number of carboxylic acids is 1. The van der Waals surface area contributed by atoms with Gasteiger partial charge in [-0.1, -0.05) is 18.2 Å². The molecule has 142 valence electrons.